The largest absolute Gasteiger partial charge is 0.309 e. The Labute approximate surface area is 389 Å². The molecule has 0 saturated heterocycles. The molecule has 0 spiro atoms. The number of rotatable bonds is 9. The van der Waals surface area contributed by atoms with Crippen LogP contribution in [0.1, 0.15) is 0 Å². The van der Waals surface area contributed by atoms with Crippen molar-refractivity contribution in [3.05, 3.63) is 249 Å². The fourth-order valence-electron chi connectivity index (χ4n) is 9.26. The number of hydrogen-bond donors (Lipinski definition) is 0. The SMILES string of the molecule is c1ccc(-c2cc(-c3cccc(-n4c5ccccc5c5ccccc54)c3)nc(-c3ccc(-c4ccccc4-c4nc(-c5ccccc5)cc(-c5ccccc5)n4)c(-c4ccccc4)c3)n2)cc1. The van der Waals surface area contributed by atoms with Gasteiger partial charge in [-0.15, -0.1) is 0 Å². The van der Waals surface area contributed by atoms with Crippen LogP contribution in [0.2, 0.25) is 0 Å². The van der Waals surface area contributed by atoms with Crippen LogP contribution < -0.4 is 0 Å². The first-order chi connectivity index (χ1) is 33.2. The highest BCUT2D eigenvalue weighted by atomic mass is 15.0. The van der Waals surface area contributed by atoms with Gasteiger partial charge in [-0.25, -0.2) is 19.9 Å². The van der Waals surface area contributed by atoms with E-state index in [1.165, 1.54) is 10.8 Å². The summed E-state index contributed by atoms with van der Waals surface area (Å²) in [6.45, 7) is 0. The molecule has 0 atom stereocenters. The highest BCUT2D eigenvalue weighted by molar-refractivity contribution is 6.09. The molecule has 12 aromatic rings. The minimum Gasteiger partial charge on any atom is -0.309 e. The number of hydrogen-bond acceptors (Lipinski definition) is 4. The number of fused-ring (bicyclic) bond motifs is 3. The van der Waals surface area contributed by atoms with E-state index < -0.39 is 0 Å². The van der Waals surface area contributed by atoms with Crippen molar-refractivity contribution in [3.63, 3.8) is 0 Å². The quantitative estimate of drug-likeness (QED) is 0.145. The second-order valence-electron chi connectivity index (χ2n) is 16.6. The number of aromatic nitrogens is 5. The lowest BCUT2D eigenvalue weighted by molar-refractivity contribution is 1.16. The van der Waals surface area contributed by atoms with E-state index in [4.69, 9.17) is 19.9 Å². The van der Waals surface area contributed by atoms with Crippen molar-refractivity contribution in [3.8, 4) is 95.7 Å². The fourth-order valence-corrected chi connectivity index (χ4v) is 9.26. The van der Waals surface area contributed by atoms with Gasteiger partial charge in [0.1, 0.15) is 0 Å². The van der Waals surface area contributed by atoms with E-state index in [9.17, 15) is 0 Å². The Balaban J connectivity index is 1.02. The Hall–Kier alpha value is -9.06. The Kier molecular flexibility index (Phi) is 10.1. The number of benzene rings is 9. The lowest BCUT2D eigenvalue weighted by Gasteiger charge is -2.17. The highest BCUT2D eigenvalue weighted by Crippen LogP contribution is 2.41. The van der Waals surface area contributed by atoms with Gasteiger partial charge < -0.3 is 4.57 Å². The van der Waals surface area contributed by atoms with Crippen LogP contribution in [0, 0.1) is 0 Å². The van der Waals surface area contributed by atoms with Crippen molar-refractivity contribution < 1.29 is 0 Å². The standard InChI is InChI=1S/C62H41N5/c1-5-20-42(21-6-1)54-39-47(36-37-50(54)49-30-13-14-33-53(49)62-65-56(44-24-9-3-10-25-44)40-57(66-62)45-26-11-4-12-27-45)61-63-55(43-22-7-2-8-23-43)41-58(64-61)46-28-19-29-48(38-46)67-59-34-17-15-31-51(59)52-32-16-18-35-60(52)67/h1-41H. The second-order valence-corrected chi connectivity index (χ2v) is 16.6. The van der Waals surface area contributed by atoms with E-state index >= 15 is 0 Å². The molecule has 12 rings (SSSR count). The predicted molar refractivity (Wildman–Crippen MR) is 275 cm³/mol. The van der Waals surface area contributed by atoms with Crippen LogP contribution in [-0.4, -0.2) is 24.5 Å². The van der Waals surface area contributed by atoms with Crippen LogP contribution in [-0.2, 0) is 0 Å². The van der Waals surface area contributed by atoms with Crippen molar-refractivity contribution in [2.45, 2.75) is 0 Å². The minimum absolute atomic E-state index is 0.641. The second kappa shape index (κ2) is 17.1. The van der Waals surface area contributed by atoms with E-state index in [1.54, 1.807) is 0 Å². The zero-order valence-electron chi connectivity index (χ0n) is 36.4. The first kappa shape index (κ1) is 39.5. The summed E-state index contributed by atoms with van der Waals surface area (Å²) in [5, 5.41) is 2.45. The molecule has 3 heterocycles. The van der Waals surface area contributed by atoms with Gasteiger partial charge >= 0.3 is 0 Å². The zero-order chi connectivity index (χ0) is 44.5. The van der Waals surface area contributed by atoms with Crippen molar-refractivity contribution in [1.82, 2.24) is 24.5 Å². The Morgan fingerprint density at radius 3 is 1.21 bits per heavy atom. The Morgan fingerprint density at radius 2 is 0.657 bits per heavy atom. The van der Waals surface area contributed by atoms with Gasteiger partial charge in [-0.2, -0.15) is 0 Å². The maximum atomic E-state index is 5.39. The Morgan fingerprint density at radius 1 is 0.239 bits per heavy atom. The molecule has 5 heteroatoms. The monoisotopic (exact) mass is 855 g/mol. The molecule has 0 saturated carbocycles. The van der Waals surface area contributed by atoms with Gasteiger partial charge in [0.2, 0.25) is 0 Å². The number of nitrogens with zero attached hydrogens (tertiary/aromatic N) is 5. The van der Waals surface area contributed by atoms with Crippen LogP contribution in [0.25, 0.3) is 118 Å². The smallest absolute Gasteiger partial charge is 0.161 e. The average molecular weight is 856 g/mol. The maximum absolute atomic E-state index is 5.39. The van der Waals surface area contributed by atoms with E-state index in [-0.39, 0.29) is 0 Å². The molecule has 5 nitrogen and oxygen atoms in total. The van der Waals surface area contributed by atoms with Crippen LogP contribution >= 0.6 is 0 Å². The summed E-state index contributed by atoms with van der Waals surface area (Å²) in [5.74, 6) is 1.30. The van der Waals surface area contributed by atoms with Crippen molar-refractivity contribution in [2.24, 2.45) is 0 Å². The van der Waals surface area contributed by atoms with Gasteiger partial charge in [-0.3, -0.25) is 0 Å². The lowest BCUT2D eigenvalue weighted by atomic mass is 9.90. The topological polar surface area (TPSA) is 56.5 Å². The summed E-state index contributed by atoms with van der Waals surface area (Å²) in [4.78, 5) is 21.2. The summed E-state index contributed by atoms with van der Waals surface area (Å²) in [6.07, 6.45) is 0. The van der Waals surface area contributed by atoms with Gasteiger partial charge in [0, 0.05) is 49.8 Å². The lowest BCUT2D eigenvalue weighted by Crippen LogP contribution is -1.99. The molecule has 0 radical (unpaired) electrons. The number of para-hydroxylation sites is 2. The minimum atomic E-state index is 0.641. The van der Waals surface area contributed by atoms with Crippen LogP contribution in [0.15, 0.2) is 249 Å². The summed E-state index contributed by atoms with van der Waals surface area (Å²) in [7, 11) is 0. The molecule has 0 N–H and O–H groups in total. The molecule has 0 fully saturated rings. The first-order valence-electron chi connectivity index (χ1n) is 22.5. The van der Waals surface area contributed by atoms with Crippen LogP contribution in [0.5, 0.6) is 0 Å². The molecule has 0 amide bonds. The molecular weight excluding hydrogens is 815 g/mol. The van der Waals surface area contributed by atoms with E-state index in [2.05, 4.69) is 211 Å². The Bertz CT molecular complexity index is 3620. The van der Waals surface area contributed by atoms with Gasteiger partial charge in [0.05, 0.1) is 33.8 Å². The molecular formula is C62H41N5. The normalized spacial score (nSPS) is 11.3. The van der Waals surface area contributed by atoms with E-state index in [1.807, 2.05) is 42.5 Å². The third kappa shape index (κ3) is 7.54. The van der Waals surface area contributed by atoms with Gasteiger partial charge in [-0.05, 0) is 64.7 Å². The van der Waals surface area contributed by atoms with E-state index in [0.717, 1.165) is 95.1 Å². The summed E-state index contributed by atoms with van der Waals surface area (Å²) >= 11 is 0. The zero-order valence-corrected chi connectivity index (χ0v) is 36.4. The van der Waals surface area contributed by atoms with Crippen LogP contribution in [0.3, 0.4) is 0 Å². The van der Waals surface area contributed by atoms with Crippen LogP contribution in [0.4, 0.5) is 0 Å². The molecule has 9 aromatic carbocycles. The summed E-state index contributed by atoms with van der Waals surface area (Å²) in [5.41, 5.74) is 17.0. The molecule has 0 bridgehead atoms. The molecule has 67 heavy (non-hydrogen) atoms. The maximum Gasteiger partial charge on any atom is 0.161 e. The summed E-state index contributed by atoms with van der Waals surface area (Å²) < 4.78 is 2.35. The first-order valence-corrected chi connectivity index (χ1v) is 22.5. The molecule has 0 aliphatic carbocycles. The third-order valence-electron chi connectivity index (χ3n) is 12.5. The van der Waals surface area contributed by atoms with Crippen molar-refractivity contribution >= 4 is 21.8 Å². The molecule has 0 unspecified atom stereocenters. The predicted octanol–water partition coefficient (Wildman–Crippen LogP) is 15.7. The van der Waals surface area contributed by atoms with Gasteiger partial charge in [-0.1, -0.05) is 206 Å². The summed E-state index contributed by atoms with van der Waals surface area (Å²) in [6, 6.07) is 86.8. The fraction of sp³-hybridized carbons (Fsp3) is 0. The van der Waals surface area contributed by atoms with E-state index in [0.29, 0.717) is 11.6 Å². The molecule has 314 valence electrons. The highest BCUT2D eigenvalue weighted by Gasteiger charge is 2.20. The van der Waals surface area contributed by atoms with Crippen molar-refractivity contribution in [1.29, 1.82) is 0 Å². The molecule has 0 aliphatic heterocycles. The molecule has 3 aromatic heterocycles. The third-order valence-corrected chi connectivity index (χ3v) is 12.5. The molecule has 0 aliphatic rings. The average Bonchev–Trinajstić information content (AvgIpc) is 3.76. The van der Waals surface area contributed by atoms with Gasteiger partial charge in [0.25, 0.3) is 0 Å². The van der Waals surface area contributed by atoms with Gasteiger partial charge in [0.15, 0.2) is 11.6 Å². The van der Waals surface area contributed by atoms with Crippen molar-refractivity contribution in [2.75, 3.05) is 0 Å².